The number of hydrogen-bond donors (Lipinski definition) is 3. The molecule has 0 aliphatic carbocycles. The molecule has 10 heteroatoms. The van der Waals surface area contributed by atoms with Crippen molar-refractivity contribution in [1.82, 2.24) is 30.4 Å². The summed E-state index contributed by atoms with van der Waals surface area (Å²) in [6.45, 7) is 2.87. The number of nitrogens with zero attached hydrogens (tertiary/aromatic N) is 6. The van der Waals surface area contributed by atoms with Crippen molar-refractivity contribution in [1.29, 1.82) is 5.26 Å². The van der Waals surface area contributed by atoms with Crippen LogP contribution in [0, 0.1) is 11.3 Å². The summed E-state index contributed by atoms with van der Waals surface area (Å²) in [7, 11) is 0. The minimum atomic E-state index is 0.563. The molecule has 5 aromatic rings. The molecule has 0 amide bonds. The van der Waals surface area contributed by atoms with Gasteiger partial charge in [0.05, 0.1) is 42.4 Å². The number of ether oxygens (including phenoxy) is 1. The number of nitrogens with one attached hydrogen (secondary N) is 3. The van der Waals surface area contributed by atoms with Gasteiger partial charge in [-0.05, 0) is 24.3 Å². The topological polar surface area (TPSA) is 131 Å². The van der Waals surface area contributed by atoms with E-state index in [-0.39, 0.29) is 0 Å². The van der Waals surface area contributed by atoms with Gasteiger partial charge < -0.3 is 15.0 Å². The fourth-order valence-corrected chi connectivity index (χ4v) is 4.06. The molecule has 3 N–H and O–H groups in total. The van der Waals surface area contributed by atoms with Gasteiger partial charge in [0, 0.05) is 29.7 Å². The van der Waals surface area contributed by atoms with Crippen LogP contribution in [0.15, 0.2) is 48.8 Å². The number of hydrogen-bond acceptors (Lipinski definition) is 8. The van der Waals surface area contributed by atoms with Crippen LogP contribution in [0.25, 0.3) is 33.3 Å². The molecule has 1 aliphatic heterocycles. The van der Waals surface area contributed by atoms with Crippen molar-refractivity contribution >= 4 is 39.1 Å². The molecule has 10 nitrogen and oxygen atoms in total. The second-order valence-electron chi connectivity index (χ2n) is 7.77. The summed E-state index contributed by atoms with van der Waals surface area (Å²) in [5, 5.41) is 28.3. The van der Waals surface area contributed by atoms with Crippen molar-refractivity contribution in [3.05, 3.63) is 54.4 Å². The Morgan fingerprint density at radius 3 is 2.76 bits per heavy atom. The third kappa shape index (κ3) is 3.50. The lowest BCUT2D eigenvalue weighted by Crippen LogP contribution is -2.36. The second kappa shape index (κ2) is 7.89. The number of aromatic nitrogens is 6. The normalized spacial score (nSPS) is 14.0. The Morgan fingerprint density at radius 1 is 1.00 bits per heavy atom. The number of anilines is 3. The molecule has 0 spiro atoms. The summed E-state index contributed by atoms with van der Waals surface area (Å²) in [5.74, 6) is 1.15. The number of nitriles is 1. The minimum Gasteiger partial charge on any atom is -0.378 e. The van der Waals surface area contributed by atoms with Crippen LogP contribution in [-0.4, -0.2) is 56.7 Å². The van der Waals surface area contributed by atoms with Crippen molar-refractivity contribution in [2.75, 3.05) is 36.5 Å². The SMILES string of the molecule is N#Cc1cc(Nc2nc(-c3ccc4cn[nH]c4c3)nc3cn[nH]c23)ccc1N1CCOCC1. The van der Waals surface area contributed by atoms with E-state index in [0.717, 1.165) is 40.9 Å². The average molecular weight is 437 g/mol. The highest BCUT2D eigenvalue weighted by Gasteiger charge is 2.17. The standard InChI is InChI=1S/C23H19N9O/c24-11-16-9-17(3-4-20(16)32-5-7-33-8-6-32)27-23-21-19(13-26-31-21)28-22(29-23)14-1-2-15-12-25-30-18(15)10-14/h1-4,9-10,12-13H,5-8H2,(H,25,30)(H,26,31)(H,27,28,29). The van der Waals surface area contributed by atoms with E-state index in [9.17, 15) is 5.26 Å². The van der Waals surface area contributed by atoms with Crippen molar-refractivity contribution < 1.29 is 4.74 Å². The highest BCUT2D eigenvalue weighted by Crippen LogP contribution is 2.30. The van der Waals surface area contributed by atoms with Gasteiger partial charge in [0.2, 0.25) is 0 Å². The van der Waals surface area contributed by atoms with Crippen LogP contribution in [0.4, 0.5) is 17.2 Å². The maximum atomic E-state index is 9.75. The van der Waals surface area contributed by atoms with Crippen LogP contribution >= 0.6 is 0 Å². The lowest BCUT2D eigenvalue weighted by molar-refractivity contribution is 0.122. The molecule has 1 saturated heterocycles. The first-order valence-electron chi connectivity index (χ1n) is 10.6. The number of fused-ring (bicyclic) bond motifs is 2. The Morgan fingerprint density at radius 2 is 1.88 bits per heavy atom. The highest BCUT2D eigenvalue weighted by atomic mass is 16.5. The average Bonchev–Trinajstić information content (AvgIpc) is 3.53. The van der Waals surface area contributed by atoms with E-state index < -0.39 is 0 Å². The van der Waals surface area contributed by atoms with Crippen LogP contribution in [0.3, 0.4) is 0 Å². The lowest BCUT2D eigenvalue weighted by Gasteiger charge is -2.29. The maximum Gasteiger partial charge on any atom is 0.162 e. The third-order valence-electron chi connectivity index (χ3n) is 5.73. The Labute approximate surface area is 188 Å². The Hall–Kier alpha value is -4.49. The summed E-state index contributed by atoms with van der Waals surface area (Å²) in [6.07, 6.45) is 3.45. The first-order valence-corrected chi connectivity index (χ1v) is 10.6. The van der Waals surface area contributed by atoms with Crippen LogP contribution in [0.2, 0.25) is 0 Å². The molecular weight excluding hydrogens is 418 g/mol. The Bertz CT molecular complexity index is 1510. The van der Waals surface area contributed by atoms with Crippen molar-refractivity contribution in [3.63, 3.8) is 0 Å². The van der Waals surface area contributed by atoms with E-state index in [1.807, 2.05) is 36.4 Å². The van der Waals surface area contributed by atoms with Crippen LogP contribution in [0.5, 0.6) is 0 Å². The molecule has 0 bridgehead atoms. The summed E-state index contributed by atoms with van der Waals surface area (Å²) >= 11 is 0. The smallest absolute Gasteiger partial charge is 0.162 e. The van der Waals surface area contributed by atoms with Gasteiger partial charge in [0.25, 0.3) is 0 Å². The van der Waals surface area contributed by atoms with Crippen LogP contribution in [0.1, 0.15) is 5.56 Å². The molecule has 0 radical (unpaired) electrons. The zero-order chi connectivity index (χ0) is 22.2. The summed E-state index contributed by atoms with van der Waals surface area (Å²) in [4.78, 5) is 11.6. The van der Waals surface area contributed by atoms with E-state index in [1.165, 1.54) is 0 Å². The van der Waals surface area contributed by atoms with E-state index in [2.05, 4.69) is 41.7 Å². The molecule has 3 aromatic heterocycles. The summed E-state index contributed by atoms with van der Waals surface area (Å²) < 4.78 is 5.43. The van der Waals surface area contributed by atoms with E-state index in [1.54, 1.807) is 12.4 Å². The summed E-state index contributed by atoms with van der Waals surface area (Å²) in [5.41, 5.74) is 5.42. The molecule has 0 unspecified atom stereocenters. The number of H-pyrrole nitrogens is 2. The van der Waals surface area contributed by atoms with Crippen LogP contribution in [-0.2, 0) is 4.74 Å². The van der Waals surface area contributed by atoms with E-state index in [4.69, 9.17) is 9.72 Å². The molecule has 33 heavy (non-hydrogen) atoms. The molecule has 6 rings (SSSR count). The monoisotopic (exact) mass is 437 g/mol. The largest absolute Gasteiger partial charge is 0.378 e. The highest BCUT2D eigenvalue weighted by molar-refractivity contribution is 5.90. The molecular formula is C23H19N9O. The van der Waals surface area contributed by atoms with Gasteiger partial charge in [0.1, 0.15) is 17.1 Å². The Balaban J connectivity index is 1.38. The van der Waals surface area contributed by atoms with Gasteiger partial charge >= 0.3 is 0 Å². The maximum absolute atomic E-state index is 9.75. The first kappa shape index (κ1) is 19.2. The zero-order valence-electron chi connectivity index (χ0n) is 17.5. The number of benzene rings is 2. The van der Waals surface area contributed by atoms with Gasteiger partial charge in [0.15, 0.2) is 11.6 Å². The molecule has 162 valence electrons. The molecule has 0 atom stereocenters. The van der Waals surface area contributed by atoms with E-state index >= 15 is 0 Å². The lowest BCUT2D eigenvalue weighted by atomic mass is 10.1. The quantitative estimate of drug-likeness (QED) is 0.390. The van der Waals surface area contributed by atoms with Gasteiger partial charge in [-0.3, -0.25) is 10.2 Å². The minimum absolute atomic E-state index is 0.563. The first-order chi connectivity index (χ1) is 16.3. The van der Waals surface area contributed by atoms with Crippen LogP contribution < -0.4 is 10.2 Å². The molecule has 2 aromatic carbocycles. The third-order valence-corrected chi connectivity index (χ3v) is 5.73. The molecule has 1 aliphatic rings. The molecule has 1 fully saturated rings. The predicted octanol–water partition coefficient (Wildman–Crippen LogP) is 3.35. The molecule has 0 saturated carbocycles. The van der Waals surface area contributed by atoms with Crippen molar-refractivity contribution in [3.8, 4) is 17.5 Å². The number of morpholine rings is 1. The van der Waals surface area contributed by atoms with Crippen molar-refractivity contribution in [2.24, 2.45) is 0 Å². The van der Waals surface area contributed by atoms with Gasteiger partial charge in [-0.25, -0.2) is 9.97 Å². The predicted molar refractivity (Wildman–Crippen MR) is 124 cm³/mol. The van der Waals surface area contributed by atoms with Crippen molar-refractivity contribution in [2.45, 2.75) is 0 Å². The van der Waals surface area contributed by atoms with Gasteiger partial charge in [-0.15, -0.1) is 0 Å². The fraction of sp³-hybridized carbons (Fsp3) is 0.174. The van der Waals surface area contributed by atoms with E-state index in [0.29, 0.717) is 41.5 Å². The molecule has 4 heterocycles. The number of aromatic amines is 2. The fourth-order valence-electron chi connectivity index (χ4n) is 4.06. The second-order valence-corrected chi connectivity index (χ2v) is 7.77. The number of rotatable bonds is 4. The summed E-state index contributed by atoms with van der Waals surface area (Å²) in [6, 6.07) is 14.0. The van der Waals surface area contributed by atoms with Gasteiger partial charge in [-0.2, -0.15) is 15.5 Å². The van der Waals surface area contributed by atoms with Gasteiger partial charge in [-0.1, -0.05) is 12.1 Å². The zero-order valence-corrected chi connectivity index (χ0v) is 17.5. The Kier molecular flexibility index (Phi) is 4.59.